The lowest BCUT2D eigenvalue weighted by Crippen LogP contribution is -2.43. The molecule has 1 aromatic heterocycles. The van der Waals surface area contributed by atoms with Gasteiger partial charge in [-0.1, -0.05) is 17.7 Å². The van der Waals surface area contributed by atoms with E-state index in [2.05, 4.69) is 15.3 Å². The lowest BCUT2D eigenvalue weighted by atomic mass is 9.85. The van der Waals surface area contributed by atoms with E-state index in [0.717, 1.165) is 11.1 Å². The minimum Gasteiger partial charge on any atom is -0.348 e. The minimum absolute atomic E-state index is 0.0118. The summed E-state index contributed by atoms with van der Waals surface area (Å²) in [6, 6.07) is 9.55. The van der Waals surface area contributed by atoms with E-state index in [1.54, 1.807) is 11.0 Å². The van der Waals surface area contributed by atoms with Gasteiger partial charge in [-0.15, -0.1) is 0 Å². The molecule has 2 aliphatic rings. The number of nitrogens with zero attached hydrogens (tertiary/aromatic N) is 1. The van der Waals surface area contributed by atoms with Crippen LogP contribution in [0, 0.1) is 11.7 Å². The largest absolute Gasteiger partial charge is 0.348 e. The van der Waals surface area contributed by atoms with Crippen LogP contribution >= 0.6 is 11.6 Å². The molecule has 10 heteroatoms. The Morgan fingerprint density at radius 1 is 1.08 bits per heavy atom. The third-order valence-corrected chi connectivity index (χ3v) is 7.15. The highest BCUT2D eigenvalue weighted by Crippen LogP contribution is 2.27. The Kier molecular flexibility index (Phi) is 6.49. The molecule has 36 heavy (non-hydrogen) atoms. The fraction of sp³-hybridized carbons (Fsp3) is 0.308. The number of carbonyl (C=O) groups excluding carboxylic acids is 2. The number of fused-ring (bicyclic) bond motifs is 2. The number of aromatic nitrogens is 2. The molecule has 2 amide bonds. The summed E-state index contributed by atoms with van der Waals surface area (Å²) in [4.78, 5) is 56.3. The number of halogens is 2. The van der Waals surface area contributed by atoms with E-state index >= 15 is 0 Å². The number of carbonyl (C=O) groups is 2. The van der Waals surface area contributed by atoms with Gasteiger partial charge in [-0.25, -0.2) is 9.18 Å². The fourth-order valence-corrected chi connectivity index (χ4v) is 5.16. The molecule has 3 N–H and O–H groups in total. The number of hydrogen-bond donors (Lipinski definition) is 3. The molecule has 1 aliphatic heterocycles. The van der Waals surface area contributed by atoms with Crippen molar-refractivity contribution in [3.05, 3.63) is 102 Å². The second-order valence-corrected chi connectivity index (χ2v) is 9.65. The number of aryl methyl sites for hydroxylation is 1. The highest BCUT2D eigenvalue weighted by atomic mass is 35.5. The van der Waals surface area contributed by atoms with Crippen molar-refractivity contribution in [1.82, 2.24) is 20.2 Å². The van der Waals surface area contributed by atoms with Crippen LogP contribution in [0.4, 0.5) is 4.39 Å². The van der Waals surface area contributed by atoms with E-state index in [1.807, 2.05) is 12.1 Å². The fourth-order valence-electron chi connectivity index (χ4n) is 4.96. The van der Waals surface area contributed by atoms with Crippen LogP contribution in [-0.4, -0.2) is 33.2 Å². The smallest absolute Gasteiger partial charge is 0.325 e. The van der Waals surface area contributed by atoms with Crippen molar-refractivity contribution in [3.63, 3.8) is 0 Å². The molecular weight excluding hydrogens is 487 g/mol. The minimum atomic E-state index is -0.527. The zero-order chi connectivity index (χ0) is 25.4. The van der Waals surface area contributed by atoms with Crippen molar-refractivity contribution < 1.29 is 14.0 Å². The average molecular weight is 511 g/mol. The van der Waals surface area contributed by atoms with Gasteiger partial charge in [0.25, 0.3) is 11.5 Å². The summed E-state index contributed by atoms with van der Waals surface area (Å²) in [5.74, 6) is -1.08. The third-order valence-electron chi connectivity index (χ3n) is 6.91. The van der Waals surface area contributed by atoms with E-state index in [-0.39, 0.29) is 24.3 Å². The second kappa shape index (κ2) is 9.73. The first kappa shape index (κ1) is 24.0. The molecule has 0 bridgehead atoms. The maximum Gasteiger partial charge on any atom is 0.325 e. The van der Waals surface area contributed by atoms with Crippen molar-refractivity contribution in [3.8, 4) is 0 Å². The molecule has 1 unspecified atom stereocenters. The molecule has 1 aliphatic carbocycles. The number of hydrogen-bond acceptors (Lipinski definition) is 4. The van der Waals surface area contributed by atoms with Gasteiger partial charge in [0.05, 0.1) is 0 Å². The predicted octanol–water partition coefficient (Wildman–Crippen LogP) is 2.48. The molecule has 0 spiro atoms. The van der Waals surface area contributed by atoms with Gasteiger partial charge in [-0.3, -0.25) is 19.4 Å². The molecule has 1 atom stereocenters. The molecule has 0 radical (unpaired) electrons. The Labute approximate surface area is 210 Å². The topological polar surface area (TPSA) is 115 Å². The van der Waals surface area contributed by atoms with Crippen molar-refractivity contribution in [2.24, 2.45) is 5.92 Å². The van der Waals surface area contributed by atoms with Crippen molar-refractivity contribution in [2.45, 2.75) is 38.8 Å². The van der Waals surface area contributed by atoms with Gasteiger partial charge in [0.15, 0.2) is 0 Å². The number of benzene rings is 2. The van der Waals surface area contributed by atoms with Crippen LogP contribution in [-0.2, 0) is 37.1 Å². The Morgan fingerprint density at radius 3 is 2.75 bits per heavy atom. The summed E-state index contributed by atoms with van der Waals surface area (Å²) in [5.41, 5.74) is 2.86. The van der Waals surface area contributed by atoms with Crippen LogP contribution < -0.4 is 16.6 Å². The van der Waals surface area contributed by atoms with E-state index in [1.165, 1.54) is 18.2 Å². The Balaban J connectivity index is 1.23. The molecule has 0 saturated carbocycles. The van der Waals surface area contributed by atoms with E-state index in [0.29, 0.717) is 66.2 Å². The Hall–Kier alpha value is -3.72. The third kappa shape index (κ3) is 4.83. The summed E-state index contributed by atoms with van der Waals surface area (Å²) in [6.07, 6.45) is 1.95. The maximum atomic E-state index is 13.9. The van der Waals surface area contributed by atoms with Crippen molar-refractivity contribution in [2.75, 3.05) is 6.54 Å². The molecular formula is C26H24ClFN4O4. The summed E-state index contributed by atoms with van der Waals surface area (Å²) >= 11 is 5.91. The highest BCUT2D eigenvalue weighted by Gasteiger charge is 2.32. The monoisotopic (exact) mass is 510 g/mol. The van der Waals surface area contributed by atoms with E-state index < -0.39 is 17.1 Å². The number of amides is 2. The van der Waals surface area contributed by atoms with Gasteiger partial charge in [0.1, 0.15) is 5.82 Å². The summed E-state index contributed by atoms with van der Waals surface area (Å²) < 4.78 is 13.9. The average Bonchev–Trinajstić information content (AvgIpc) is 2.87. The molecule has 8 nitrogen and oxygen atoms in total. The SMILES string of the molecule is O=C(NCc1cc(Cl)ccc1F)c1ccc2c(c1)CCN(C(=O)C1CCc3[nH]c(=O)[nH]c(=O)c3C1)C2. The second-order valence-electron chi connectivity index (χ2n) is 9.22. The van der Waals surface area contributed by atoms with Crippen molar-refractivity contribution >= 4 is 23.4 Å². The Morgan fingerprint density at radius 2 is 1.92 bits per heavy atom. The quantitative estimate of drug-likeness (QED) is 0.500. The molecule has 3 aromatic rings. The van der Waals surface area contributed by atoms with Gasteiger partial charge >= 0.3 is 5.69 Å². The summed E-state index contributed by atoms with van der Waals surface area (Å²) in [7, 11) is 0. The normalized spacial score (nSPS) is 16.7. The van der Waals surface area contributed by atoms with Crippen LogP contribution in [0.1, 0.15) is 44.7 Å². The molecule has 5 rings (SSSR count). The van der Waals surface area contributed by atoms with Crippen molar-refractivity contribution in [1.29, 1.82) is 0 Å². The van der Waals surface area contributed by atoms with Crippen LogP contribution in [0.3, 0.4) is 0 Å². The van der Waals surface area contributed by atoms with Gasteiger partial charge in [0.2, 0.25) is 5.91 Å². The van der Waals surface area contributed by atoms with E-state index in [4.69, 9.17) is 11.6 Å². The standard InChI is InChI=1S/C26H24ClFN4O4/c27-19-4-5-21(28)18(10-19)12-29-23(33)15-1-2-17-13-32(8-7-14(17)9-15)25(35)16-3-6-22-20(11-16)24(34)31-26(36)30-22/h1-2,4-5,9-10,16H,3,6-8,11-13H2,(H,29,33)(H2,30,31,34,36). The van der Waals surface area contributed by atoms with E-state index in [9.17, 15) is 23.6 Å². The summed E-state index contributed by atoms with van der Waals surface area (Å²) in [6.45, 7) is 0.955. The number of aromatic amines is 2. The number of H-pyrrole nitrogens is 2. The number of rotatable bonds is 4. The van der Waals surface area contributed by atoms with Crippen LogP contribution in [0.5, 0.6) is 0 Å². The first-order chi connectivity index (χ1) is 17.3. The zero-order valence-corrected chi connectivity index (χ0v) is 20.1. The van der Waals surface area contributed by atoms with Crippen LogP contribution in [0.2, 0.25) is 5.02 Å². The molecule has 2 aromatic carbocycles. The van der Waals surface area contributed by atoms with Crippen LogP contribution in [0.25, 0.3) is 0 Å². The molecule has 2 heterocycles. The molecule has 0 saturated heterocycles. The zero-order valence-electron chi connectivity index (χ0n) is 19.3. The van der Waals surface area contributed by atoms with Gasteiger partial charge in [0, 0.05) is 53.0 Å². The number of nitrogens with one attached hydrogen (secondary N) is 3. The van der Waals surface area contributed by atoms with Gasteiger partial charge in [-0.2, -0.15) is 0 Å². The maximum absolute atomic E-state index is 13.9. The van der Waals surface area contributed by atoms with Crippen LogP contribution in [0.15, 0.2) is 46.0 Å². The first-order valence-corrected chi connectivity index (χ1v) is 12.1. The Bertz CT molecular complexity index is 1480. The highest BCUT2D eigenvalue weighted by molar-refractivity contribution is 6.30. The van der Waals surface area contributed by atoms with Gasteiger partial charge < -0.3 is 15.2 Å². The lowest BCUT2D eigenvalue weighted by molar-refractivity contribution is -0.136. The van der Waals surface area contributed by atoms with Gasteiger partial charge in [-0.05, 0) is 67.1 Å². The predicted molar refractivity (Wildman–Crippen MR) is 131 cm³/mol. The first-order valence-electron chi connectivity index (χ1n) is 11.8. The molecule has 0 fully saturated rings. The summed E-state index contributed by atoms with van der Waals surface area (Å²) in [5, 5.41) is 3.12. The lowest BCUT2D eigenvalue weighted by Gasteiger charge is -2.33. The molecule has 186 valence electrons.